The predicted octanol–water partition coefficient (Wildman–Crippen LogP) is 3.71. The molecule has 25 heavy (non-hydrogen) atoms. The third kappa shape index (κ3) is 3.49. The molecule has 3 aromatic rings. The van der Waals surface area contributed by atoms with Crippen molar-refractivity contribution >= 4 is 17.1 Å². The first-order valence-electron chi connectivity index (χ1n) is 8.42. The average Bonchev–Trinajstić information content (AvgIpc) is 3.07. The summed E-state index contributed by atoms with van der Waals surface area (Å²) in [6.45, 7) is 1.49. The average molecular weight is 337 g/mol. The molecule has 0 saturated carbocycles. The number of amides is 1. The molecule has 6 heteroatoms. The van der Waals surface area contributed by atoms with E-state index in [4.69, 9.17) is 9.26 Å². The lowest BCUT2D eigenvalue weighted by Crippen LogP contribution is -2.47. The van der Waals surface area contributed by atoms with Crippen LogP contribution in [0.2, 0.25) is 0 Å². The normalized spacial score (nSPS) is 16.0. The number of hydrogen-bond donors (Lipinski definition) is 1. The maximum absolute atomic E-state index is 12.0. The van der Waals surface area contributed by atoms with Crippen LogP contribution in [0.3, 0.4) is 0 Å². The van der Waals surface area contributed by atoms with Crippen LogP contribution in [0.15, 0.2) is 59.1 Å². The molecule has 1 aliphatic heterocycles. The van der Waals surface area contributed by atoms with Gasteiger partial charge in [0.05, 0.1) is 5.69 Å². The molecule has 128 valence electrons. The van der Waals surface area contributed by atoms with Gasteiger partial charge < -0.3 is 9.26 Å². The first kappa shape index (κ1) is 15.7. The molecule has 1 N–H and O–H groups in total. The van der Waals surface area contributed by atoms with E-state index in [0.29, 0.717) is 11.7 Å². The highest BCUT2D eigenvalue weighted by Gasteiger charge is 2.25. The zero-order chi connectivity index (χ0) is 17.1. The third-order valence-corrected chi connectivity index (χ3v) is 4.49. The number of rotatable bonds is 3. The highest BCUT2D eigenvalue weighted by Crippen LogP contribution is 2.31. The Kier molecular flexibility index (Phi) is 4.35. The highest BCUT2D eigenvalue weighted by molar-refractivity contribution is 5.79. The number of carbonyl (C=O) groups is 1. The Morgan fingerprint density at radius 1 is 1.08 bits per heavy atom. The van der Waals surface area contributed by atoms with Gasteiger partial charge in [-0.1, -0.05) is 35.5 Å². The van der Waals surface area contributed by atoms with Crippen molar-refractivity contribution in [1.29, 1.82) is 0 Å². The van der Waals surface area contributed by atoms with Crippen LogP contribution in [-0.2, 0) is 0 Å². The number of piperidine rings is 1. The number of carbonyl (C=O) groups excluding carboxylic acids is 1. The van der Waals surface area contributed by atoms with Crippen LogP contribution >= 0.6 is 0 Å². The number of hydrogen-bond acceptors (Lipinski definition) is 5. The van der Waals surface area contributed by atoms with Gasteiger partial charge in [0.1, 0.15) is 5.75 Å². The Balaban J connectivity index is 1.33. The van der Waals surface area contributed by atoms with Crippen molar-refractivity contribution < 1.29 is 14.1 Å². The Labute approximate surface area is 145 Å². The van der Waals surface area contributed by atoms with Crippen molar-refractivity contribution in [3.8, 4) is 5.75 Å². The second-order valence-corrected chi connectivity index (χ2v) is 6.14. The highest BCUT2D eigenvalue weighted by atomic mass is 16.6. The zero-order valence-electron chi connectivity index (χ0n) is 13.7. The molecule has 1 saturated heterocycles. The molecule has 0 unspecified atom stereocenters. The van der Waals surface area contributed by atoms with Crippen LogP contribution in [0, 0.1) is 0 Å². The third-order valence-electron chi connectivity index (χ3n) is 4.49. The fourth-order valence-corrected chi connectivity index (χ4v) is 3.21. The summed E-state index contributed by atoms with van der Waals surface area (Å²) in [6.07, 6.45) is 1.35. The van der Waals surface area contributed by atoms with Crippen molar-refractivity contribution in [2.24, 2.45) is 0 Å². The van der Waals surface area contributed by atoms with Gasteiger partial charge in [-0.25, -0.2) is 9.80 Å². The Hall–Kier alpha value is -2.86. The summed E-state index contributed by atoms with van der Waals surface area (Å²) >= 11 is 0. The van der Waals surface area contributed by atoms with Crippen molar-refractivity contribution in [2.75, 3.05) is 13.1 Å². The monoisotopic (exact) mass is 337 g/mol. The number of fused-ring (bicyclic) bond motifs is 1. The molecule has 1 amide bonds. The van der Waals surface area contributed by atoms with E-state index in [2.05, 4.69) is 10.6 Å². The van der Waals surface area contributed by atoms with Crippen LogP contribution in [0.5, 0.6) is 5.75 Å². The van der Waals surface area contributed by atoms with Gasteiger partial charge in [-0.2, -0.15) is 0 Å². The van der Waals surface area contributed by atoms with Gasteiger partial charge in [0.2, 0.25) is 0 Å². The van der Waals surface area contributed by atoms with E-state index in [1.807, 2.05) is 47.5 Å². The van der Waals surface area contributed by atoms with Gasteiger partial charge >= 0.3 is 6.09 Å². The minimum absolute atomic E-state index is 0.340. The summed E-state index contributed by atoms with van der Waals surface area (Å²) in [4.78, 5) is 12.0. The van der Waals surface area contributed by atoms with E-state index >= 15 is 0 Å². The van der Waals surface area contributed by atoms with Gasteiger partial charge in [0.25, 0.3) is 0 Å². The summed E-state index contributed by atoms with van der Waals surface area (Å²) < 4.78 is 10.7. The predicted molar refractivity (Wildman–Crippen MR) is 93.2 cm³/mol. The maximum Gasteiger partial charge on any atom is 0.427 e. The van der Waals surface area contributed by atoms with Gasteiger partial charge in [-0.15, -0.1) is 0 Å². The lowest BCUT2D eigenvalue weighted by Gasteiger charge is -2.30. The van der Waals surface area contributed by atoms with Crippen LogP contribution in [0.4, 0.5) is 4.79 Å². The number of ether oxygens (including phenoxy) is 1. The lowest BCUT2D eigenvalue weighted by molar-refractivity contribution is 0.122. The van der Waals surface area contributed by atoms with Gasteiger partial charge in [0.15, 0.2) is 5.58 Å². The van der Waals surface area contributed by atoms with E-state index in [1.54, 1.807) is 12.1 Å². The Morgan fingerprint density at radius 3 is 2.60 bits per heavy atom. The van der Waals surface area contributed by atoms with Crippen molar-refractivity contribution in [3.63, 3.8) is 0 Å². The fourth-order valence-electron chi connectivity index (χ4n) is 3.21. The van der Waals surface area contributed by atoms with E-state index < -0.39 is 6.09 Å². The van der Waals surface area contributed by atoms with Gasteiger partial charge in [0, 0.05) is 24.4 Å². The second-order valence-electron chi connectivity index (χ2n) is 6.14. The zero-order valence-corrected chi connectivity index (χ0v) is 13.7. The molecule has 1 aliphatic rings. The van der Waals surface area contributed by atoms with Crippen molar-refractivity contribution in [3.05, 3.63) is 60.3 Å². The van der Waals surface area contributed by atoms with E-state index in [1.165, 1.54) is 0 Å². The Morgan fingerprint density at radius 2 is 1.80 bits per heavy atom. The first-order valence-corrected chi connectivity index (χ1v) is 8.42. The standard InChI is InChI=1S/C19H19N3O3/c23-19(24-15-6-2-1-3-7-15)20-22-12-10-14(11-13-22)18-16-8-4-5-9-17(16)25-21-18/h1-9,14H,10-13H2,(H,20,23). The van der Waals surface area contributed by atoms with E-state index in [-0.39, 0.29) is 0 Å². The lowest BCUT2D eigenvalue weighted by atomic mass is 9.92. The summed E-state index contributed by atoms with van der Waals surface area (Å²) in [7, 11) is 0. The molecule has 2 aromatic carbocycles. The molecular formula is C19H19N3O3. The number of hydrazine groups is 1. The van der Waals surface area contributed by atoms with Crippen LogP contribution in [0.25, 0.3) is 11.0 Å². The number of para-hydroxylation sites is 2. The Bertz CT molecular complexity index is 854. The number of nitrogens with zero attached hydrogens (tertiary/aromatic N) is 2. The molecule has 6 nitrogen and oxygen atoms in total. The SMILES string of the molecule is O=C(NN1CCC(c2noc3ccccc23)CC1)Oc1ccccc1. The van der Waals surface area contributed by atoms with Crippen molar-refractivity contribution in [2.45, 2.75) is 18.8 Å². The van der Waals surface area contributed by atoms with E-state index in [0.717, 1.165) is 42.6 Å². The summed E-state index contributed by atoms with van der Waals surface area (Å²) in [5, 5.41) is 7.23. The largest absolute Gasteiger partial charge is 0.427 e. The molecule has 0 spiro atoms. The van der Waals surface area contributed by atoms with Gasteiger partial charge in [-0.3, -0.25) is 5.43 Å². The minimum Gasteiger partial charge on any atom is -0.409 e. The molecule has 0 radical (unpaired) electrons. The molecule has 2 heterocycles. The fraction of sp³-hybridized carbons (Fsp3) is 0.263. The molecular weight excluding hydrogens is 318 g/mol. The molecule has 1 fully saturated rings. The van der Waals surface area contributed by atoms with E-state index in [9.17, 15) is 4.79 Å². The second kappa shape index (κ2) is 6.94. The maximum atomic E-state index is 12.0. The number of nitrogens with one attached hydrogen (secondary N) is 1. The minimum atomic E-state index is -0.462. The van der Waals surface area contributed by atoms with Crippen LogP contribution in [-0.4, -0.2) is 29.3 Å². The number of benzene rings is 2. The molecule has 1 aromatic heterocycles. The van der Waals surface area contributed by atoms with Crippen molar-refractivity contribution in [1.82, 2.24) is 15.6 Å². The smallest absolute Gasteiger partial charge is 0.409 e. The summed E-state index contributed by atoms with van der Waals surface area (Å²) in [5.74, 6) is 0.871. The number of aromatic nitrogens is 1. The first-order chi connectivity index (χ1) is 12.3. The van der Waals surface area contributed by atoms with Crippen LogP contribution in [0.1, 0.15) is 24.5 Å². The van der Waals surface area contributed by atoms with Gasteiger partial charge in [-0.05, 0) is 37.1 Å². The molecule has 4 rings (SSSR count). The summed E-state index contributed by atoms with van der Waals surface area (Å²) in [5.41, 5.74) is 4.64. The topological polar surface area (TPSA) is 67.6 Å². The molecule has 0 aliphatic carbocycles. The molecule has 0 atom stereocenters. The summed E-state index contributed by atoms with van der Waals surface area (Å²) in [6, 6.07) is 17.0. The quantitative estimate of drug-likeness (QED) is 0.789. The molecule has 0 bridgehead atoms. The van der Waals surface area contributed by atoms with Crippen LogP contribution < -0.4 is 10.2 Å².